The van der Waals surface area contributed by atoms with Gasteiger partial charge in [-0.1, -0.05) is 18.1 Å². The summed E-state index contributed by atoms with van der Waals surface area (Å²) < 4.78 is 0. The van der Waals surface area contributed by atoms with Crippen LogP contribution in [0.15, 0.2) is 60.9 Å². The molecule has 1 amide bonds. The number of rotatable bonds is 3. The largest absolute Gasteiger partial charge is 0.478 e. The van der Waals surface area contributed by atoms with Crippen molar-refractivity contribution in [3.05, 3.63) is 83.4 Å². The number of nitrogens with zero attached hydrogens (tertiary/aromatic N) is 3. The van der Waals surface area contributed by atoms with E-state index in [9.17, 15) is 14.7 Å². The monoisotopic (exact) mass is 383 g/mol. The van der Waals surface area contributed by atoms with Crippen LogP contribution >= 0.6 is 0 Å². The molecule has 29 heavy (non-hydrogen) atoms. The van der Waals surface area contributed by atoms with Gasteiger partial charge in [-0.2, -0.15) is 0 Å². The third-order valence-corrected chi connectivity index (χ3v) is 3.95. The van der Waals surface area contributed by atoms with Crippen molar-refractivity contribution in [3.8, 4) is 11.8 Å². The number of pyridine rings is 2. The number of hydrogen-bond acceptors (Lipinski definition) is 5. The summed E-state index contributed by atoms with van der Waals surface area (Å²) in [5.74, 6) is 4.36. The second kappa shape index (κ2) is 7.62. The summed E-state index contributed by atoms with van der Waals surface area (Å²) in [5, 5.41) is 11.8. The van der Waals surface area contributed by atoms with Crippen LogP contribution < -0.4 is 5.32 Å². The number of carboxylic acids is 1. The number of benzene rings is 1. The van der Waals surface area contributed by atoms with Crippen LogP contribution in [0.5, 0.6) is 0 Å². The third kappa shape index (κ3) is 3.94. The van der Waals surface area contributed by atoms with Crippen LogP contribution in [0.4, 0.5) is 5.95 Å². The van der Waals surface area contributed by atoms with Crippen LogP contribution in [0.25, 0.3) is 11.0 Å². The van der Waals surface area contributed by atoms with E-state index in [1.807, 2.05) is 6.07 Å². The first-order valence-electron chi connectivity index (χ1n) is 8.52. The van der Waals surface area contributed by atoms with Gasteiger partial charge in [0.15, 0.2) is 0 Å². The van der Waals surface area contributed by atoms with E-state index in [-0.39, 0.29) is 22.7 Å². The van der Waals surface area contributed by atoms with E-state index in [2.05, 4.69) is 37.1 Å². The first-order chi connectivity index (χ1) is 14.1. The van der Waals surface area contributed by atoms with Gasteiger partial charge in [0.1, 0.15) is 16.9 Å². The molecule has 140 valence electrons. The number of carboxylic acid groups (broad SMARTS) is 1. The van der Waals surface area contributed by atoms with Crippen molar-refractivity contribution in [3.63, 3.8) is 0 Å². The summed E-state index contributed by atoms with van der Waals surface area (Å²) >= 11 is 0. The molecule has 0 saturated carbocycles. The van der Waals surface area contributed by atoms with Crippen molar-refractivity contribution in [2.75, 3.05) is 5.32 Å². The quantitative estimate of drug-likeness (QED) is 0.468. The standard InChI is InChI=1S/C21H13N5O3/c27-19(26-21-24-16-7-2-6-15(20(28)29)18(16)25-21)17-8-1-5-14(23-17)10-9-13-4-3-11-22-12-13/h1-8,11-12H,(H,28,29)(H2,24,25,26,27). The molecule has 0 unspecified atom stereocenters. The highest BCUT2D eigenvalue weighted by Gasteiger charge is 2.15. The summed E-state index contributed by atoms with van der Waals surface area (Å²) in [6.45, 7) is 0. The number of carbonyl (C=O) groups is 2. The molecule has 3 heterocycles. The number of para-hydroxylation sites is 1. The molecule has 0 radical (unpaired) electrons. The number of imidazole rings is 1. The van der Waals surface area contributed by atoms with Gasteiger partial charge >= 0.3 is 5.97 Å². The fraction of sp³-hybridized carbons (Fsp3) is 0. The van der Waals surface area contributed by atoms with E-state index < -0.39 is 11.9 Å². The molecule has 0 saturated heterocycles. The van der Waals surface area contributed by atoms with Crippen LogP contribution in [0, 0.1) is 11.8 Å². The topological polar surface area (TPSA) is 121 Å². The van der Waals surface area contributed by atoms with Crippen molar-refractivity contribution in [2.24, 2.45) is 0 Å². The Balaban J connectivity index is 1.56. The molecular formula is C21H13N5O3. The van der Waals surface area contributed by atoms with Gasteiger partial charge in [0.25, 0.3) is 5.91 Å². The number of H-pyrrole nitrogens is 1. The van der Waals surface area contributed by atoms with Crippen molar-refractivity contribution >= 4 is 28.9 Å². The fourth-order valence-electron chi connectivity index (χ4n) is 2.64. The van der Waals surface area contributed by atoms with E-state index in [1.165, 1.54) is 6.07 Å². The molecular weight excluding hydrogens is 370 g/mol. The smallest absolute Gasteiger partial charge is 0.337 e. The highest BCUT2D eigenvalue weighted by Crippen LogP contribution is 2.19. The van der Waals surface area contributed by atoms with Crippen molar-refractivity contribution < 1.29 is 14.7 Å². The normalized spacial score (nSPS) is 10.2. The van der Waals surface area contributed by atoms with Crippen LogP contribution in [-0.2, 0) is 0 Å². The number of fused-ring (bicyclic) bond motifs is 1. The molecule has 3 N–H and O–H groups in total. The summed E-state index contributed by atoms with van der Waals surface area (Å²) in [6.07, 6.45) is 3.29. The van der Waals surface area contributed by atoms with Gasteiger partial charge in [-0.25, -0.2) is 14.8 Å². The Bertz CT molecular complexity index is 1290. The first kappa shape index (κ1) is 17.9. The lowest BCUT2D eigenvalue weighted by Gasteiger charge is -2.01. The molecule has 0 fully saturated rings. The maximum atomic E-state index is 12.5. The van der Waals surface area contributed by atoms with Crippen LogP contribution in [0.2, 0.25) is 0 Å². The lowest BCUT2D eigenvalue weighted by molar-refractivity contribution is 0.0698. The maximum Gasteiger partial charge on any atom is 0.337 e. The molecule has 0 spiro atoms. The Morgan fingerprint density at radius 1 is 1.00 bits per heavy atom. The number of hydrogen-bond donors (Lipinski definition) is 3. The second-order valence-electron chi connectivity index (χ2n) is 5.95. The van der Waals surface area contributed by atoms with Gasteiger partial charge in [-0.3, -0.25) is 15.1 Å². The molecule has 3 aromatic heterocycles. The number of carbonyl (C=O) groups excluding carboxylic acids is 1. The molecule has 4 rings (SSSR count). The van der Waals surface area contributed by atoms with Crippen LogP contribution in [0.3, 0.4) is 0 Å². The maximum absolute atomic E-state index is 12.5. The summed E-state index contributed by atoms with van der Waals surface area (Å²) in [6, 6.07) is 13.3. The van der Waals surface area contributed by atoms with E-state index in [4.69, 9.17) is 0 Å². The summed E-state index contributed by atoms with van der Waals surface area (Å²) in [5.41, 5.74) is 2.13. The minimum atomic E-state index is -1.10. The highest BCUT2D eigenvalue weighted by atomic mass is 16.4. The second-order valence-corrected chi connectivity index (χ2v) is 5.95. The van der Waals surface area contributed by atoms with Crippen molar-refractivity contribution in [1.82, 2.24) is 19.9 Å². The fourth-order valence-corrected chi connectivity index (χ4v) is 2.64. The zero-order valence-corrected chi connectivity index (χ0v) is 14.9. The number of aromatic carboxylic acids is 1. The van der Waals surface area contributed by atoms with Crippen LogP contribution in [-0.4, -0.2) is 36.9 Å². The van der Waals surface area contributed by atoms with E-state index in [0.29, 0.717) is 11.2 Å². The van der Waals surface area contributed by atoms with Gasteiger partial charge < -0.3 is 10.1 Å². The molecule has 0 aliphatic carbocycles. The summed E-state index contributed by atoms with van der Waals surface area (Å²) in [7, 11) is 0. The Labute approximate surface area is 164 Å². The number of anilines is 1. The average Bonchev–Trinajstić information content (AvgIpc) is 3.15. The Morgan fingerprint density at radius 3 is 2.66 bits per heavy atom. The lowest BCUT2D eigenvalue weighted by Crippen LogP contribution is -2.15. The molecule has 0 aliphatic rings. The lowest BCUT2D eigenvalue weighted by atomic mass is 10.2. The SMILES string of the molecule is O=C(Nc1nc2c(C(=O)O)cccc2[nH]1)c1cccc(C#Cc2cccnc2)n1. The van der Waals surface area contributed by atoms with Gasteiger partial charge in [0.2, 0.25) is 5.95 Å². The van der Waals surface area contributed by atoms with Gasteiger partial charge in [0, 0.05) is 18.0 Å². The van der Waals surface area contributed by atoms with E-state index in [1.54, 1.807) is 48.8 Å². The molecule has 0 bridgehead atoms. The average molecular weight is 383 g/mol. The predicted molar refractivity (Wildman–Crippen MR) is 105 cm³/mol. The third-order valence-electron chi connectivity index (χ3n) is 3.95. The Morgan fingerprint density at radius 2 is 1.86 bits per heavy atom. The van der Waals surface area contributed by atoms with Crippen molar-refractivity contribution in [1.29, 1.82) is 0 Å². The van der Waals surface area contributed by atoms with Gasteiger partial charge in [-0.15, -0.1) is 0 Å². The molecule has 0 aliphatic heterocycles. The van der Waals surface area contributed by atoms with E-state index >= 15 is 0 Å². The summed E-state index contributed by atoms with van der Waals surface area (Å²) in [4.78, 5) is 39.1. The van der Waals surface area contributed by atoms with Crippen LogP contribution in [0.1, 0.15) is 32.1 Å². The number of nitrogens with one attached hydrogen (secondary N) is 2. The molecule has 8 heteroatoms. The molecule has 8 nitrogen and oxygen atoms in total. The Hall–Kier alpha value is -4.51. The minimum Gasteiger partial charge on any atom is -0.478 e. The van der Waals surface area contributed by atoms with Gasteiger partial charge in [0.05, 0.1) is 11.1 Å². The van der Waals surface area contributed by atoms with Gasteiger partial charge in [-0.05, 0) is 42.3 Å². The molecule has 0 atom stereocenters. The molecule has 4 aromatic rings. The molecule has 1 aromatic carbocycles. The van der Waals surface area contributed by atoms with Crippen molar-refractivity contribution in [2.45, 2.75) is 0 Å². The minimum absolute atomic E-state index is 0.0463. The number of aromatic amines is 1. The zero-order valence-electron chi connectivity index (χ0n) is 14.9. The first-order valence-corrected chi connectivity index (χ1v) is 8.52. The van der Waals surface area contributed by atoms with E-state index in [0.717, 1.165) is 5.56 Å². The number of aromatic nitrogens is 4. The predicted octanol–water partition coefficient (Wildman–Crippen LogP) is 2.70. The Kier molecular flexibility index (Phi) is 4.70. The zero-order chi connectivity index (χ0) is 20.2. The number of amides is 1. The highest BCUT2D eigenvalue weighted by molar-refractivity contribution is 6.04.